The van der Waals surface area contributed by atoms with Crippen LogP contribution in [0.2, 0.25) is 0 Å². The molecule has 2 fully saturated rings. The molecule has 1 saturated carbocycles. The molecule has 34 heavy (non-hydrogen) atoms. The number of nitrogens with zero attached hydrogens (tertiary/aromatic N) is 6. The van der Waals surface area contributed by atoms with Crippen molar-refractivity contribution in [1.29, 1.82) is 0 Å². The summed E-state index contributed by atoms with van der Waals surface area (Å²) in [5, 5.41) is 5.83. The summed E-state index contributed by atoms with van der Waals surface area (Å²) in [4.78, 5) is 24.9. The van der Waals surface area contributed by atoms with Gasteiger partial charge in [-0.15, -0.1) is 0 Å². The second-order valence-electron chi connectivity index (χ2n) is 9.97. The minimum Gasteiger partial charge on any atom is -0.368 e. The Labute approximate surface area is 203 Å². The van der Waals surface area contributed by atoms with Crippen LogP contribution in [0.15, 0.2) is 42.4 Å². The number of aromatic nitrogens is 3. The van der Waals surface area contributed by atoms with Gasteiger partial charge in [-0.1, -0.05) is 28.0 Å². The normalized spacial score (nSPS) is 26.6. The third-order valence-corrected chi connectivity index (χ3v) is 9.17. The summed E-state index contributed by atoms with van der Waals surface area (Å²) < 4.78 is 1.91. The molecule has 5 heterocycles. The molecule has 1 aliphatic carbocycles. The van der Waals surface area contributed by atoms with Crippen molar-refractivity contribution in [1.82, 2.24) is 29.3 Å². The van der Waals surface area contributed by atoms with Gasteiger partial charge in [-0.3, -0.25) is 14.7 Å². The first kappa shape index (κ1) is 22.0. The lowest BCUT2D eigenvalue weighted by Gasteiger charge is -2.48. The van der Waals surface area contributed by atoms with E-state index in [4.69, 9.17) is 5.10 Å². The molecule has 3 aliphatic heterocycles. The molecule has 1 saturated heterocycles. The monoisotopic (exact) mass is 476 g/mol. The van der Waals surface area contributed by atoms with Crippen LogP contribution in [-0.2, 0) is 11.2 Å². The highest BCUT2D eigenvalue weighted by atomic mass is 31.1. The Morgan fingerprint density at radius 2 is 2.09 bits per heavy atom. The van der Waals surface area contributed by atoms with Crippen LogP contribution in [0.1, 0.15) is 50.2 Å². The van der Waals surface area contributed by atoms with Crippen molar-refractivity contribution in [3.8, 4) is 0 Å². The fraction of sp³-hybridized carbons (Fsp3) is 0.500. The van der Waals surface area contributed by atoms with E-state index in [2.05, 4.69) is 53.0 Å². The Bertz CT molecular complexity index is 1230. The molecule has 4 aliphatic rings. The van der Waals surface area contributed by atoms with Crippen molar-refractivity contribution in [2.24, 2.45) is 0 Å². The topological polar surface area (TPSA) is 57.0 Å². The number of piperazine rings is 1. The van der Waals surface area contributed by atoms with Crippen LogP contribution in [0.4, 0.5) is 0 Å². The summed E-state index contributed by atoms with van der Waals surface area (Å²) in [7, 11) is 0.471. The van der Waals surface area contributed by atoms with Gasteiger partial charge in [0.15, 0.2) is 0 Å². The molecule has 0 radical (unpaired) electrons. The molecule has 6 rings (SSSR count). The largest absolute Gasteiger partial charge is 0.368 e. The number of fused-ring (bicyclic) bond motifs is 2. The van der Waals surface area contributed by atoms with Crippen molar-refractivity contribution < 1.29 is 4.79 Å². The maximum atomic E-state index is 13.2. The molecular weight excluding hydrogens is 443 g/mol. The van der Waals surface area contributed by atoms with Crippen molar-refractivity contribution in [2.75, 3.05) is 19.6 Å². The fourth-order valence-corrected chi connectivity index (χ4v) is 6.97. The highest BCUT2D eigenvalue weighted by Gasteiger charge is 2.35. The molecule has 0 aromatic carbocycles. The maximum absolute atomic E-state index is 13.2. The molecule has 1 amide bonds. The summed E-state index contributed by atoms with van der Waals surface area (Å²) in [6, 6.07) is 3.43. The average Bonchev–Trinajstić information content (AvgIpc) is 3.22. The lowest BCUT2D eigenvalue weighted by atomic mass is 9.89. The molecule has 0 N–H and O–H groups in total. The van der Waals surface area contributed by atoms with Crippen molar-refractivity contribution >= 4 is 25.3 Å². The number of aryl methyl sites for hydroxylation is 2. The minimum absolute atomic E-state index is 0.0452. The molecule has 2 aromatic heterocycles. The van der Waals surface area contributed by atoms with Crippen molar-refractivity contribution in [3.63, 3.8) is 0 Å². The highest BCUT2D eigenvalue weighted by molar-refractivity contribution is 7.51. The van der Waals surface area contributed by atoms with Crippen LogP contribution in [0.3, 0.4) is 0 Å². The number of rotatable bonds is 4. The van der Waals surface area contributed by atoms with Gasteiger partial charge in [0.1, 0.15) is 0 Å². The fourth-order valence-electron chi connectivity index (χ4n) is 5.64. The van der Waals surface area contributed by atoms with Gasteiger partial charge in [0.25, 0.3) is 5.91 Å². The van der Waals surface area contributed by atoms with E-state index in [0.717, 1.165) is 65.7 Å². The number of allylic oxidation sites excluding steroid dienone is 1. The summed E-state index contributed by atoms with van der Waals surface area (Å²) >= 11 is 0. The smallest absolute Gasteiger partial charge is 0.252 e. The van der Waals surface area contributed by atoms with E-state index in [-0.39, 0.29) is 11.7 Å². The summed E-state index contributed by atoms with van der Waals surface area (Å²) in [6.45, 7) is 9.62. The molecule has 2 unspecified atom stereocenters. The van der Waals surface area contributed by atoms with Gasteiger partial charge >= 0.3 is 0 Å². The summed E-state index contributed by atoms with van der Waals surface area (Å²) in [5.74, 6) is 0.115. The maximum Gasteiger partial charge on any atom is 0.252 e. The first-order chi connectivity index (χ1) is 16.5. The number of hydrogen-bond donors (Lipinski definition) is 0. The molecule has 7 nitrogen and oxygen atoms in total. The van der Waals surface area contributed by atoms with Gasteiger partial charge in [-0.2, -0.15) is 5.10 Å². The zero-order valence-corrected chi connectivity index (χ0v) is 21.2. The quantitative estimate of drug-likeness (QED) is 0.629. The standard InChI is InChI=1S/C26H33N6OP/c1-4-21-23-12-22(28-32(23)14-17(2)27-21)24-13-25(33)31-16-20(8-9-26(31)34-24)29-10-11-30(18(3)15-29)19-6-5-7-19/h8-9,12-14,16,18-19,26,34H,4-7,10-11,15H2,1-3H3/t18-,26?/m1/s1. The molecular formula is C26H33N6OP. The minimum atomic E-state index is 0.0452. The van der Waals surface area contributed by atoms with Gasteiger partial charge in [0.05, 0.1) is 40.3 Å². The van der Waals surface area contributed by atoms with E-state index < -0.39 is 0 Å². The zero-order chi connectivity index (χ0) is 23.4. The van der Waals surface area contributed by atoms with Crippen LogP contribution in [-0.4, -0.2) is 72.7 Å². The molecule has 178 valence electrons. The predicted octanol–water partition coefficient (Wildman–Crippen LogP) is 3.76. The summed E-state index contributed by atoms with van der Waals surface area (Å²) in [5.41, 5.74) is 5.08. The number of carbonyl (C=O) groups excluding carboxylic acids is 1. The van der Waals surface area contributed by atoms with E-state index in [0.29, 0.717) is 14.6 Å². The van der Waals surface area contributed by atoms with Gasteiger partial charge in [-0.25, -0.2) is 4.52 Å². The highest BCUT2D eigenvalue weighted by Crippen LogP contribution is 2.44. The van der Waals surface area contributed by atoms with E-state index in [1.807, 2.05) is 22.5 Å². The van der Waals surface area contributed by atoms with Gasteiger partial charge in [0, 0.05) is 49.3 Å². The average molecular weight is 477 g/mol. The Kier molecular flexibility index (Phi) is 5.57. The second-order valence-corrected chi connectivity index (χ2v) is 11.4. The molecule has 0 spiro atoms. The Morgan fingerprint density at radius 1 is 1.24 bits per heavy atom. The van der Waals surface area contributed by atoms with Crippen LogP contribution in [0.5, 0.6) is 0 Å². The summed E-state index contributed by atoms with van der Waals surface area (Å²) in [6.07, 6.45) is 15.2. The first-order valence-electron chi connectivity index (χ1n) is 12.6. The van der Waals surface area contributed by atoms with Gasteiger partial charge < -0.3 is 9.80 Å². The van der Waals surface area contributed by atoms with E-state index in [1.165, 1.54) is 19.3 Å². The SMILES string of the molecule is CCc1nc(C)cn2nc(C3=CC(=O)N4C=C(N5CCN(C6CCC6)[C@H](C)C5)C=CC4P3)cc12. The molecule has 0 bridgehead atoms. The van der Waals surface area contributed by atoms with Crippen LogP contribution in [0.25, 0.3) is 10.8 Å². The number of carbonyl (C=O) groups is 1. The van der Waals surface area contributed by atoms with E-state index >= 15 is 0 Å². The Morgan fingerprint density at radius 3 is 2.82 bits per heavy atom. The third kappa shape index (κ3) is 3.79. The molecule has 8 heteroatoms. The molecule has 2 aromatic rings. The Hall–Kier alpha value is -2.50. The van der Waals surface area contributed by atoms with Gasteiger partial charge in [0.2, 0.25) is 0 Å². The first-order valence-corrected chi connectivity index (χ1v) is 13.7. The second kappa shape index (κ2) is 8.62. The number of hydrogen-bond acceptors (Lipinski definition) is 5. The van der Waals surface area contributed by atoms with Crippen LogP contribution >= 0.6 is 8.58 Å². The number of amides is 1. The lowest BCUT2D eigenvalue weighted by Crippen LogP contribution is -2.56. The van der Waals surface area contributed by atoms with Crippen LogP contribution in [0, 0.1) is 6.92 Å². The van der Waals surface area contributed by atoms with Crippen molar-refractivity contribution in [2.45, 2.75) is 64.3 Å². The van der Waals surface area contributed by atoms with E-state index in [1.54, 1.807) is 6.08 Å². The zero-order valence-electron chi connectivity index (χ0n) is 20.2. The van der Waals surface area contributed by atoms with Crippen LogP contribution < -0.4 is 0 Å². The van der Waals surface area contributed by atoms with Crippen molar-refractivity contribution in [3.05, 3.63) is 59.5 Å². The van der Waals surface area contributed by atoms with Gasteiger partial charge in [-0.05, 0) is 45.3 Å². The lowest BCUT2D eigenvalue weighted by molar-refractivity contribution is -0.123. The predicted molar refractivity (Wildman–Crippen MR) is 137 cm³/mol. The Balaban J connectivity index is 1.21. The molecule has 3 atom stereocenters. The third-order valence-electron chi connectivity index (χ3n) is 7.70. The van der Waals surface area contributed by atoms with E-state index in [9.17, 15) is 4.79 Å².